The number of pyridine rings is 2. The van der Waals surface area contributed by atoms with Crippen LogP contribution in [0.5, 0.6) is 10.9 Å². The Balaban J connectivity index is 1.74. The summed E-state index contributed by atoms with van der Waals surface area (Å²) in [6, 6.07) is 3.89. The van der Waals surface area contributed by atoms with Gasteiger partial charge in [-0.25, -0.2) is 0 Å². The zero-order valence-corrected chi connectivity index (χ0v) is 16.5. The number of nitrogens with zero attached hydrogens (tertiary/aromatic N) is 4. The molecule has 1 amide bonds. The zero-order valence-electron chi connectivity index (χ0n) is 15.7. The standard InChI is InChI=1S/C19H19N5O3S/c1-10-6-12(13-7-15(11-4-5-11)21-9-16(13)26-2)14(8-20-10)17(25)22-18-23-24-19(27-3)28-18/h6-9,11H,4-5H2,1-3H3,(H,22,23,25). The highest BCUT2D eigenvalue weighted by Gasteiger charge is 2.27. The molecule has 1 N–H and O–H groups in total. The molecular weight excluding hydrogens is 378 g/mol. The maximum absolute atomic E-state index is 12.9. The molecule has 1 aliphatic carbocycles. The number of nitrogens with one attached hydrogen (secondary N) is 1. The molecule has 4 rings (SSSR count). The van der Waals surface area contributed by atoms with Crippen molar-refractivity contribution in [3.05, 3.63) is 41.5 Å². The summed E-state index contributed by atoms with van der Waals surface area (Å²) in [6.45, 7) is 1.89. The average Bonchev–Trinajstić information content (AvgIpc) is 3.46. The molecule has 1 aliphatic rings. The average molecular weight is 397 g/mol. The zero-order chi connectivity index (χ0) is 19.7. The molecule has 28 heavy (non-hydrogen) atoms. The quantitative estimate of drug-likeness (QED) is 0.680. The maximum atomic E-state index is 12.9. The Hall–Kier alpha value is -3.07. The lowest BCUT2D eigenvalue weighted by atomic mass is 9.98. The maximum Gasteiger partial charge on any atom is 0.295 e. The Morgan fingerprint density at radius 2 is 1.93 bits per heavy atom. The molecule has 0 radical (unpaired) electrons. The monoisotopic (exact) mass is 397 g/mol. The number of hydrogen-bond donors (Lipinski definition) is 1. The number of aromatic nitrogens is 4. The van der Waals surface area contributed by atoms with Crippen molar-refractivity contribution in [2.24, 2.45) is 0 Å². The van der Waals surface area contributed by atoms with Gasteiger partial charge >= 0.3 is 0 Å². The first-order valence-electron chi connectivity index (χ1n) is 8.79. The first-order valence-corrected chi connectivity index (χ1v) is 9.60. The van der Waals surface area contributed by atoms with Crippen LogP contribution in [0.25, 0.3) is 11.1 Å². The van der Waals surface area contributed by atoms with Crippen molar-refractivity contribution >= 4 is 22.4 Å². The highest BCUT2D eigenvalue weighted by Crippen LogP contribution is 2.42. The molecule has 1 saturated carbocycles. The lowest BCUT2D eigenvalue weighted by Crippen LogP contribution is -2.14. The molecular formula is C19H19N5O3S. The highest BCUT2D eigenvalue weighted by atomic mass is 32.1. The summed E-state index contributed by atoms with van der Waals surface area (Å²) in [6.07, 6.45) is 5.56. The summed E-state index contributed by atoms with van der Waals surface area (Å²) in [5.41, 5.74) is 3.81. The number of amides is 1. The van der Waals surface area contributed by atoms with Crippen LogP contribution in [0.4, 0.5) is 5.13 Å². The summed E-state index contributed by atoms with van der Waals surface area (Å²) < 4.78 is 10.5. The summed E-state index contributed by atoms with van der Waals surface area (Å²) >= 11 is 1.15. The van der Waals surface area contributed by atoms with E-state index in [-0.39, 0.29) is 5.91 Å². The highest BCUT2D eigenvalue weighted by molar-refractivity contribution is 7.17. The van der Waals surface area contributed by atoms with Crippen LogP contribution in [0.2, 0.25) is 0 Å². The molecule has 9 heteroatoms. The van der Waals surface area contributed by atoms with Gasteiger partial charge in [0.05, 0.1) is 26.0 Å². The minimum atomic E-state index is -0.326. The van der Waals surface area contributed by atoms with E-state index in [0.29, 0.717) is 27.6 Å². The number of carbonyl (C=O) groups excluding carboxylic acids is 1. The fraction of sp³-hybridized carbons (Fsp3) is 0.316. The van der Waals surface area contributed by atoms with Crippen molar-refractivity contribution in [3.63, 3.8) is 0 Å². The lowest BCUT2D eigenvalue weighted by Gasteiger charge is -2.14. The number of rotatable bonds is 6. The SMILES string of the molecule is COc1nnc(NC(=O)c2cnc(C)cc2-c2cc(C3CC3)ncc2OC)s1. The second-order valence-corrected chi connectivity index (χ2v) is 7.43. The minimum absolute atomic E-state index is 0.326. The molecule has 0 spiro atoms. The lowest BCUT2D eigenvalue weighted by molar-refractivity contribution is 0.102. The van der Waals surface area contributed by atoms with Crippen LogP contribution in [0.3, 0.4) is 0 Å². The smallest absolute Gasteiger partial charge is 0.295 e. The van der Waals surface area contributed by atoms with Gasteiger partial charge in [-0.3, -0.25) is 20.1 Å². The van der Waals surface area contributed by atoms with Crippen LogP contribution in [-0.4, -0.2) is 40.3 Å². The van der Waals surface area contributed by atoms with Crippen LogP contribution in [0, 0.1) is 6.92 Å². The third kappa shape index (κ3) is 3.65. The van der Waals surface area contributed by atoms with E-state index in [9.17, 15) is 4.79 Å². The minimum Gasteiger partial charge on any atom is -0.494 e. The number of methoxy groups -OCH3 is 2. The molecule has 1 fully saturated rings. The summed E-state index contributed by atoms with van der Waals surface area (Å²) in [5, 5.41) is 11.2. The Morgan fingerprint density at radius 1 is 1.11 bits per heavy atom. The van der Waals surface area contributed by atoms with Crippen LogP contribution in [0.1, 0.15) is 40.5 Å². The van der Waals surface area contributed by atoms with E-state index in [1.54, 1.807) is 19.5 Å². The van der Waals surface area contributed by atoms with Gasteiger partial charge in [-0.2, -0.15) is 0 Å². The van der Waals surface area contributed by atoms with Gasteiger partial charge in [0.25, 0.3) is 11.1 Å². The molecule has 0 aliphatic heterocycles. The summed E-state index contributed by atoms with van der Waals surface area (Å²) in [4.78, 5) is 21.7. The molecule has 8 nitrogen and oxygen atoms in total. The third-order valence-corrected chi connectivity index (χ3v) is 5.28. The van der Waals surface area contributed by atoms with E-state index in [0.717, 1.165) is 46.7 Å². The topological polar surface area (TPSA) is 99.1 Å². The Labute approximate surface area is 166 Å². The first kappa shape index (κ1) is 18.3. The normalized spacial score (nSPS) is 13.2. The third-order valence-electron chi connectivity index (χ3n) is 4.48. The fourth-order valence-electron chi connectivity index (χ4n) is 2.91. The van der Waals surface area contributed by atoms with Gasteiger partial charge in [-0.1, -0.05) is 5.10 Å². The molecule has 0 aromatic carbocycles. The van der Waals surface area contributed by atoms with Gasteiger partial charge in [0.15, 0.2) is 0 Å². The number of aryl methyl sites for hydroxylation is 1. The molecule has 3 heterocycles. The van der Waals surface area contributed by atoms with Crippen LogP contribution in [0.15, 0.2) is 24.5 Å². The van der Waals surface area contributed by atoms with E-state index in [4.69, 9.17) is 9.47 Å². The van der Waals surface area contributed by atoms with Crippen LogP contribution in [-0.2, 0) is 0 Å². The van der Waals surface area contributed by atoms with E-state index in [1.165, 1.54) is 7.11 Å². The molecule has 0 unspecified atom stereocenters. The number of ether oxygens (including phenoxy) is 2. The van der Waals surface area contributed by atoms with Crippen molar-refractivity contribution in [1.29, 1.82) is 0 Å². The first-order chi connectivity index (χ1) is 13.6. The van der Waals surface area contributed by atoms with Gasteiger partial charge in [0.1, 0.15) is 5.75 Å². The molecule has 0 bridgehead atoms. The van der Waals surface area contributed by atoms with Crippen molar-refractivity contribution in [2.45, 2.75) is 25.7 Å². The predicted molar refractivity (Wildman–Crippen MR) is 105 cm³/mol. The number of hydrogen-bond acceptors (Lipinski definition) is 8. The Morgan fingerprint density at radius 3 is 2.61 bits per heavy atom. The van der Waals surface area contributed by atoms with Crippen molar-refractivity contribution in [1.82, 2.24) is 20.2 Å². The van der Waals surface area contributed by atoms with E-state index < -0.39 is 0 Å². The molecule has 0 saturated heterocycles. The predicted octanol–water partition coefficient (Wildman–Crippen LogP) is 3.45. The van der Waals surface area contributed by atoms with E-state index >= 15 is 0 Å². The van der Waals surface area contributed by atoms with Gasteiger partial charge in [0, 0.05) is 34.6 Å². The fourth-order valence-corrected chi connectivity index (χ4v) is 3.46. The summed E-state index contributed by atoms with van der Waals surface area (Å²) in [7, 11) is 3.10. The number of carbonyl (C=O) groups is 1. The Kier molecular flexibility index (Phi) is 4.91. The van der Waals surface area contributed by atoms with Crippen LogP contribution >= 0.6 is 11.3 Å². The van der Waals surface area contributed by atoms with Crippen molar-refractivity contribution < 1.29 is 14.3 Å². The number of anilines is 1. The second-order valence-electron chi connectivity index (χ2n) is 6.49. The molecule has 0 atom stereocenters. The molecule has 3 aromatic heterocycles. The van der Waals surface area contributed by atoms with Gasteiger partial charge in [-0.15, -0.1) is 5.10 Å². The largest absolute Gasteiger partial charge is 0.494 e. The molecule has 3 aromatic rings. The van der Waals surface area contributed by atoms with E-state index in [1.807, 2.05) is 19.1 Å². The summed E-state index contributed by atoms with van der Waals surface area (Å²) in [5.74, 6) is 0.772. The van der Waals surface area contributed by atoms with Gasteiger partial charge in [-0.05, 0) is 43.2 Å². The van der Waals surface area contributed by atoms with E-state index in [2.05, 4.69) is 25.5 Å². The van der Waals surface area contributed by atoms with Gasteiger partial charge < -0.3 is 9.47 Å². The van der Waals surface area contributed by atoms with Crippen LogP contribution < -0.4 is 14.8 Å². The molecule has 144 valence electrons. The Bertz CT molecular complexity index is 1030. The van der Waals surface area contributed by atoms with Crippen molar-refractivity contribution in [3.8, 4) is 22.1 Å². The van der Waals surface area contributed by atoms with Gasteiger partial charge in [0.2, 0.25) is 5.13 Å². The second kappa shape index (κ2) is 7.51. The van der Waals surface area contributed by atoms with Crippen molar-refractivity contribution in [2.75, 3.05) is 19.5 Å².